The lowest BCUT2D eigenvalue weighted by Crippen LogP contribution is -2.03. The summed E-state index contributed by atoms with van der Waals surface area (Å²) in [7, 11) is 0. The fourth-order valence-electron chi connectivity index (χ4n) is 2.14. The van der Waals surface area contributed by atoms with Gasteiger partial charge in [-0.2, -0.15) is 0 Å². The van der Waals surface area contributed by atoms with Crippen molar-refractivity contribution in [3.63, 3.8) is 0 Å². The Morgan fingerprint density at radius 1 is 1.00 bits per heavy atom. The van der Waals surface area contributed by atoms with Crippen LogP contribution in [-0.4, -0.2) is 11.9 Å². The third-order valence-corrected chi connectivity index (χ3v) is 3.69. The van der Waals surface area contributed by atoms with Gasteiger partial charge in [0.25, 0.3) is 0 Å². The van der Waals surface area contributed by atoms with Crippen molar-refractivity contribution >= 4 is 5.78 Å². The van der Waals surface area contributed by atoms with E-state index in [4.69, 9.17) is 4.74 Å². The monoisotopic (exact) mass is 266 g/mol. The molecular formula is C18H18O2. The highest BCUT2D eigenvalue weighted by Crippen LogP contribution is 2.27. The second-order valence-corrected chi connectivity index (χ2v) is 5.47. The number of ketones is 1. The zero-order valence-electron chi connectivity index (χ0n) is 11.8. The molecule has 1 saturated carbocycles. The first-order valence-electron chi connectivity index (χ1n) is 7.02. The number of benzene rings is 2. The maximum absolute atomic E-state index is 12.5. The van der Waals surface area contributed by atoms with Gasteiger partial charge in [-0.05, 0) is 56.0 Å². The van der Waals surface area contributed by atoms with Crippen LogP contribution in [-0.2, 0) is 0 Å². The quantitative estimate of drug-likeness (QED) is 0.780. The standard InChI is InChI=1S/C18H18O2/c1-12-6-7-15(10-13(12)2)18(19)14-4-3-5-17(11-14)20-16-8-9-16/h3-7,10-11,16H,8-9H2,1-2H3. The molecule has 102 valence electrons. The highest BCUT2D eigenvalue weighted by atomic mass is 16.5. The minimum absolute atomic E-state index is 0.0503. The molecule has 0 radical (unpaired) electrons. The number of hydrogen-bond acceptors (Lipinski definition) is 2. The first-order chi connectivity index (χ1) is 9.63. The third kappa shape index (κ3) is 2.74. The van der Waals surface area contributed by atoms with Gasteiger partial charge in [-0.15, -0.1) is 0 Å². The van der Waals surface area contributed by atoms with Crippen molar-refractivity contribution < 1.29 is 9.53 Å². The minimum atomic E-state index is 0.0503. The Labute approximate surface area is 119 Å². The average molecular weight is 266 g/mol. The summed E-state index contributed by atoms with van der Waals surface area (Å²) in [5, 5.41) is 0. The zero-order chi connectivity index (χ0) is 14.1. The number of aryl methyl sites for hydroxylation is 2. The maximum atomic E-state index is 12.5. The van der Waals surface area contributed by atoms with Crippen LogP contribution in [0.1, 0.15) is 39.9 Å². The predicted molar refractivity (Wildman–Crippen MR) is 79.4 cm³/mol. The molecular weight excluding hydrogens is 248 g/mol. The zero-order valence-corrected chi connectivity index (χ0v) is 11.8. The number of carbonyl (C=O) groups is 1. The molecule has 0 bridgehead atoms. The van der Waals surface area contributed by atoms with Gasteiger partial charge in [-0.25, -0.2) is 0 Å². The van der Waals surface area contributed by atoms with Crippen LogP contribution >= 0.6 is 0 Å². The Kier molecular flexibility index (Phi) is 3.31. The van der Waals surface area contributed by atoms with Crippen molar-refractivity contribution in [1.82, 2.24) is 0 Å². The molecule has 0 atom stereocenters. The molecule has 2 nitrogen and oxygen atoms in total. The van der Waals surface area contributed by atoms with Crippen molar-refractivity contribution in [3.05, 3.63) is 64.7 Å². The molecule has 1 fully saturated rings. The van der Waals surface area contributed by atoms with E-state index in [1.54, 1.807) is 0 Å². The van der Waals surface area contributed by atoms with E-state index in [1.165, 1.54) is 5.56 Å². The Morgan fingerprint density at radius 3 is 2.45 bits per heavy atom. The van der Waals surface area contributed by atoms with E-state index >= 15 is 0 Å². The molecule has 2 aromatic rings. The fourth-order valence-corrected chi connectivity index (χ4v) is 2.14. The van der Waals surface area contributed by atoms with Gasteiger partial charge in [-0.3, -0.25) is 4.79 Å². The molecule has 2 aromatic carbocycles. The van der Waals surface area contributed by atoms with Crippen LogP contribution in [0.25, 0.3) is 0 Å². The topological polar surface area (TPSA) is 26.3 Å². The van der Waals surface area contributed by atoms with Gasteiger partial charge in [0.2, 0.25) is 0 Å². The molecule has 0 aliphatic heterocycles. The Bertz CT molecular complexity index is 654. The Hall–Kier alpha value is -2.09. The highest BCUT2D eigenvalue weighted by molar-refractivity contribution is 6.09. The number of rotatable bonds is 4. The third-order valence-electron chi connectivity index (χ3n) is 3.69. The van der Waals surface area contributed by atoms with Gasteiger partial charge >= 0.3 is 0 Å². The molecule has 1 aliphatic carbocycles. The van der Waals surface area contributed by atoms with Gasteiger partial charge in [0.05, 0.1) is 6.10 Å². The van der Waals surface area contributed by atoms with Crippen LogP contribution in [0.3, 0.4) is 0 Å². The highest BCUT2D eigenvalue weighted by Gasteiger charge is 2.23. The summed E-state index contributed by atoms with van der Waals surface area (Å²) >= 11 is 0. The summed E-state index contributed by atoms with van der Waals surface area (Å²) in [6.07, 6.45) is 2.59. The molecule has 0 heterocycles. The van der Waals surface area contributed by atoms with Crippen LogP contribution in [0.5, 0.6) is 5.75 Å². The Balaban J connectivity index is 1.86. The minimum Gasteiger partial charge on any atom is -0.490 e. The van der Waals surface area contributed by atoms with Crippen molar-refractivity contribution in [2.75, 3.05) is 0 Å². The number of carbonyl (C=O) groups excluding carboxylic acids is 1. The van der Waals surface area contributed by atoms with Crippen LogP contribution in [0, 0.1) is 13.8 Å². The molecule has 1 aliphatic rings. The van der Waals surface area contributed by atoms with Crippen LogP contribution in [0.15, 0.2) is 42.5 Å². The molecule has 3 rings (SSSR count). The number of ether oxygens (including phenoxy) is 1. The largest absolute Gasteiger partial charge is 0.490 e. The molecule has 0 N–H and O–H groups in total. The summed E-state index contributed by atoms with van der Waals surface area (Å²) in [6.45, 7) is 4.08. The van der Waals surface area contributed by atoms with Crippen LogP contribution < -0.4 is 4.74 Å². The summed E-state index contributed by atoms with van der Waals surface area (Å²) in [5.74, 6) is 0.844. The van der Waals surface area contributed by atoms with Crippen molar-refractivity contribution in [2.45, 2.75) is 32.8 Å². The molecule has 0 amide bonds. The van der Waals surface area contributed by atoms with Crippen LogP contribution in [0.2, 0.25) is 0 Å². The lowest BCUT2D eigenvalue weighted by molar-refractivity contribution is 0.103. The smallest absolute Gasteiger partial charge is 0.193 e. The Morgan fingerprint density at radius 2 is 1.75 bits per heavy atom. The van der Waals surface area contributed by atoms with Crippen molar-refractivity contribution in [3.8, 4) is 5.75 Å². The number of hydrogen-bond donors (Lipinski definition) is 0. The average Bonchev–Trinajstić information content (AvgIpc) is 3.25. The van der Waals surface area contributed by atoms with E-state index in [0.29, 0.717) is 11.7 Å². The fraction of sp³-hybridized carbons (Fsp3) is 0.278. The van der Waals surface area contributed by atoms with Gasteiger partial charge < -0.3 is 4.74 Å². The van der Waals surface area contributed by atoms with Crippen LogP contribution in [0.4, 0.5) is 0 Å². The van der Waals surface area contributed by atoms with Gasteiger partial charge in [0, 0.05) is 11.1 Å². The molecule has 0 unspecified atom stereocenters. The maximum Gasteiger partial charge on any atom is 0.193 e. The normalized spacial score (nSPS) is 14.1. The lowest BCUT2D eigenvalue weighted by atomic mass is 9.99. The molecule has 0 spiro atoms. The molecule has 2 heteroatoms. The van der Waals surface area contributed by atoms with Crippen molar-refractivity contribution in [2.24, 2.45) is 0 Å². The summed E-state index contributed by atoms with van der Waals surface area (Å²) < 4.78 is 5.74. The summed E-state index contributed by atoms with van der Waals surface area (Å²) in [4.78, 5) is 12.5. The van der Waals surface area contributed by atoms with E-state index in [0.717, 1.165) is 29.7 Å². The SMILES string of the molecule is Cc1ccc(C(=O)c2cccc(OC3CC3)c2)cc1C. The van der Waals surface area contributed by atoms with Gasteiger partial charge in [0.1, 0.15) is 5.75 Å². The second kappa shape index (κ2) is 5.12. The first-order valence-corrected chi connectivity index (χ1v) is 7.02. The van der Waals surface area contributed by atoms with E-state index < -0.39 is 0 Å². The predicted octanol–water partition coefficient (Wildman–Crippen LogP) is 4.08. The molecule has 0 saturated heterocycles. The molecule has 0 aromatic heterocycles. The van der Waals surface area contributed by atoms with E-state index in [-0.39, 0.29) is 5.78 Å². The summed E-state index contributed by atoms with van der Waals surface area (Å²) in [5.41, 5.74) is 3.76. The molecule has 20 heavy (non-hydrogen) atoms. The van der Waals surface area contributed by atoms with E-state index in [9.17, 15) is 4.79 Å². The van der Waals surface area contributed by atoms with Gasteiger partial charge in [0.15, 0.2) is 5.78 Å². The van der Waals surface area contributed by atoms with Crippen molar-refractivity contribution in [1.29, 1.82) is 0 Å². The van der Waals surface area contributed by atoms with E-state index in [1.807, 2.05) is 56.3 Å². The van der Waals surface area contributed by atoms with E-state index in [2.05, 4.69) is 0 Å². The lowest BCUT2D eigenvalue weighted by Gasteiger charge is -2.08. The second-order valence-electron chi connectivity index (χ2n) is 5.47. The first kappa shape index (κ1) is 12.9. The summed E-state index contributed by atoms with van der Waals surface area (Å²) in [6, 6.07) is 13.3. The van der Waals surface area contributed by atoms with Gasteiger partial charge in [-0.1, -0.05) is 24.3 Å².